The Balaban J connectivity index is 2.64. The van der Waals surface area contributed by atoms with E-state index in [1.807, 2.05) is 11.8 Å². The Labute approximate surface area is 114 Å². The number of hydrogen-bond donors (Lipinski definition) is 2. The van der Waals surface area contributed by atoms with Crippen molar-refractivity contribution in [2.75, 3.05) is 28.7 Å². The zero-order valence-electron chi connectivity index (χ0n) is 11.8. The first kappa shape index (κ1) is 15.1. The third-order valence-corrected chi connectivity index (χ3v) is 3.73. The summed E-state index contributed by atoms with van der Waals surface area (Å²) in [5.74, 6) is 4.12. The summed E-state index contributed by atoms with van der Waals surface area (Å²) >= 11 is 1.94. The first-order chi connectivity index (χ1) is 8.69. The lowest BCUT2D eigenvalue weighted by Crippen LogP contribution is -2.20. The Kier molecular flexibility index (Phi) is 6.86. The van der Waals surface area contributed by atoms with E-state index in [9.17, 15) is 0 Å². The number of rotatable bonds is 8. The van der Waals surface area contributed by atoms with Crippen LogP contribution in [-0.4, -0.2) is 34.1 Å². The van der Waals surface area contributed by atoms with Crippen molar-refractivity contribution in [2.45, 2.75) is 40.2 Å². The smallest absolute Gasteiger partial charge is 0.134 e. The summed E-state index contributed by atoms with van der Waals surface area (Å²) in [4.78, 5) is 8.60. The molecule has 5 heteroatoms. The summed E-state index contributed by atoms with van der Waals surface area (Å²) in [6, 6.07) is 0.419. The summed E-state index contributed by atoms with van der Waals surface area (Å²) in [7, 11) is 0. The molecule has 1 heterocycles. The van der Waals surface area contributed by atoms with Crippen molar-refractivity contribution >= 4 is 23.4 Å². The lowest BCUT2D eigenvalue weighted by Gasteiger charge is -2.17. The van der Waals surface area contributed by atoms with Crippen LogP contribution in [0.1, 0.15) is 32.8 Å². The minimum absolute atomic E-state index is 0.419. The van der Waals surface area contributed by atoms with Crippen LogP contribution in [0.15, 0.2) is 6.33 Å². The zero-order chi connectivity index (χ0) is 13.4. The van der Waals surface area contributed by atoms with Crippen LogP contribution in [0.3, 0.4) is 0 Å². The van der Waals surface area contributed by atoms with E-state index >= 15 is 0 Å². The highest BCUT2D eigenvalue weighted by molar-refractivity contribution is 7.99. The second kappa shape index (κ2) is 8.19. The number of hydrogen-bond acceptors (Lipinski definition) is 5. The molecular weight excluding hydrogens is 244 g/mol. The largest absolute Gasteiger partial charge is 0.370 e. The lowest BCUT2D eigenvalue weighted by atomic mass is 10.2. The first-order valence-corrected chi connectivity index (χ1v) is 7.74. The Bertz CT molecular complexity index is 357. The van der Waals surface area contributed by atoms with Crippen molar-refractivity contribution in [3.8, 4) is 0 Å². The Hall–Kier alpha value is -0.970. The average Bonchev–Trinajstić information content (AvgIpc) is 2.37. The van der Waals surface area contributed by atoms with Crippen LogP contribution in [-0.2, 0) is 0 Å². The molecule has 0 fully saturated rings. The van der Waals surface area contributed by atoms with Crippen molar-refractivity contribution in [1.29, 1.82) is 0 Å². The van der Waals surface area contributed by atoms with Gasteiger partial charge in [0, 0.05) is 23.9 Å². The van der Waals surface area contributed by atoms with E-state index in [-0.39, 0.29) is 0 Å². The molecule has 1 rings (SSSR count). The van der Waals surface area contributed by atoms with Crippen LogP contribution in [0.5, 0.6) is 0 Å². The molecule has 0 saturated carbocycles. The van der Waals surface area contributed by atoms with Gasteiger partial charge in [0.25, 0.3) is 0 Å². The van der Waals surface area contributed by atoms with Gasteiger partial charge in [0.05, 0.1) is 0 Å². The molecule has 0 saturated heterocycles. The van der Waals surface area contributed by atoms with Gasteiger partial charge in [-0.25, -0.2) is 9.97 Å². The summed E-state index contributed by atoms with van der Waals surface area (Å²) in [5, 5.41) is 6.77. The maximum absolute atomic E-state index is 4.32. The molecule has 0 amide bonds. The molecule has 102 valence electrons. The van der Waals surface area contributed by atoms with Crippen molar-refractivity contribution in [2.24, 2.45) is 0 Å². The maximum atomic E-state index is 4.32. The van der Waals surface area contributed by atoms with E-state index in [1.54, 1.807) is 6.33 Å². The molecule has 1 unspecified atom stereocenters. The minimum Gasteiger partial charge on any atom is -0.370 e. The van der Waals surface area contributed by atoms with Crippen LogP contribution in [0.2, 0.25) is 0 Å². The Morgan fingerprint density at radius 1 is 1.28 bits per heavy atom. The fraction of sp³-hybridized carbons (Fsp3) is 0.692. The van der Waals surface area contributed by atoms with Gasteiger partial charge in [-0.3, -0.25) is 0 Å². The number of thioether (sulfide) groups is 1. The fourth-order valence-electron chi connectivity index (χ4n) is 1.59. The van der Waals surface area contributed by atoms with Gasteiger partial charge >= 0.3 is 0 Å². The Morgan fingerprint density at radius 3 is 2.67 bits per heavy atom. The minimum atomic E-state index is 0.419. The molecule has 1 atom stereocenters. The number of nitrogens with one attached hydrogen (secondary N) is 2. The SMILES string of the molecule is CCCNc1ncnc(NC(C)CSCC)c1C. The quantitative estimate of drug-likeness (QED) is 0.758. The molecule has 0 aliphatic carbocycles. The highest BCUT2D eigenvalue weighted by Gasteiger charge is 2.09. The van der Waals surface area contributed by atoms with Crippen molar-refractivity contribution in [1.82, 2.24) is 9.97 Å². The van der Waals surface area contributed by atoms with Crippen LogP contribution in [0, 0.1) is 6.92 Å². The number of aromatic nitrogens is 2. The highest BCUT2D eigenvalue weighted by Crippen LogP contribution is 2.19. The van der Waals surface area contributed by atoms with E-state index in [4.69, 9.17) is 0 Å². The molecule has 18 heavy (non-hydrogen) atoms. The average molecular weight is 268 g/mol. The summed E-state index contributed by atoms with van der Waals surface area (Å²) < 4.78 is 0. The predicted octanol–water partition coefficient (Wildman–Crippen LogP) is 3.16. The molecule has 0 aliphatic heterocycles. The van der Waals surface area contributed by atoms with Crippen LogP contribution < -0.4 is 10.6 Å². The van der Waals surface area contributed by atoms with Crippen molar-refractivity contribution in [3.63, 3.8) is 0 Å². The molecule has 4 nitrogen and oxygen atoms in total. The molecule has 0 aliphatic rings. The topological polar surface area (TPSA) is 49.8 Å². The molecule has 2 N–H and O–H groups in total. The fourth-order valence-corrected chi connectivity index (χ4v) is 2.26. The summed E-state index contributed by atoms with van der Waals surface area (Å²) in [6.45, 7) is 9.51. The third kappa shape index (κ3) is 4.72. The van der Waals surface area contributed by atoms with Crippen molar-refractivity contribution < 1.29 is 0 Å². The molecule has 0 spiro atoms. The lowest BCUT2D eigenvalue weighted by molar-refractivity contribution is 0.891. The second-order valence-electron chi connectivity index (χ2n) is 4.33. The van der Waals surface area contributed by atoms with Crippen LogP contribution >= 0.6 is 11.8 Å². The monoisotopic (exact) mass is 268 g/mol. The van der Waals surface area contributed by atoms with Gasteiger partial charge in [-0.2, -0.15) is 11.8 Å². The van der Waals surface area contributed by atoms with Crippen molar-refractivity contribution in [3.05, 3.63) is 11.9 Å². The van der Waals surface area contributed by atoms with E-state index in [0.29, 0.717) is 6.04 Å². The summed E-state index contributed by atoms with van der Waals surface area (Å²) in [6.07, 6.45) is 2.71. The van der Waals surface area contributed by atoms with E-state index in [2.05, 4.69) is 48.3 Å². The first-order valence-electron chi connectivity index (χ1n) is 6.58. The molecule has 0 aromatic carbocycles. The molecule has 1 aromatic rings. The zero-order valence-corrected chi connectivity index (χ0v) is 12.6. The van der Waals surface area contributed by atoms with Gasteiger partial charge in [0.15, 0.2) is 0 Å². The molecule has 1 aromatic heterocycles. The normalized spacial score (nSPS) is 12.2. The maximum Gasteiger partial charge on any atom is 0.134 e. The number of nitrogens with zero attached hydrogens (tertiary/aromatic N) is 2. The molecular formula is C13H24N4S. The Morgan fingerprint density at radius 2 is 2.00 bits per heavy atom. The standard InChI is InChI=1S/C13H24N4S/c1-5-7-14-12-11(4)13(16-9-15-12)17-10(3)8-18-6-2/h9-10H,5-8H2,1-4H3,(H2,14,15,16,17). The van der Waals surface area contributed by atoms with Crippen LogP contribution in [0.25, 0.3) is 0 Å². The number of anilines is 2. The summed E-state index contributed by atoms with van der Waals surface area (Å²) in [5.41, 5.74) is 1.10. The van der Waals surface area contributed by atoms with E-state index in [0.717, 1.165) is 41.7 Å². The highest BCUT2D eigenvalue weighted by atomic mass is 32.2. The van der Waals surface area contributed by atoms with Gasteiger partial charge < -0.3 is 10.6 Å². The van der Waals surface area contributed by atoms with E-state index < -0.39 is 0 Å². The molecule has 0 radical (unpaired) electrons. The van der Waals surface area contributed by atoms with Gasteiger partial charge in [-0.1, -0.05) is 13.8 Å². The van der Waals surface area contributed by atoms with Gasteiger partial charge in [-0.05, 0) is 26.0 Å². The van der Waals surface area contributed by atoms with Gasteiger partial charge in [0.1, 0.15) is 18.0 Å². The second-order valence-corrected chi connectivity index (χ2v) is 5.65. The van der Waals surface area contributed by atoms with E-state index in [1.165, 1.54) is 0 Å². The van der Waals surface area contributed by atoms with Gasteiger partial charge in [0.2, 0.25) is 0 Å². The van der Waals surface area contributed by atoms with Gasteiger partial charge in [-0.15, -0.1) is 0 Å². The van der Waals surface area contributed by atoms with Crippen LogP contribution in [0.4, 0.5) is 11.6 Å². The molecule has 0 bridgehead atoms. The third-order valence-electron chi connectivity index (χ3n) is 2.58. The predicted molar refractivity (Wildman–Crippen MR) is 81.6 cm³/mol.